The molecule has 0 aliphatic carbocycles. The molecule has 1 aromatic heterocycles. The van der Waals surface area contributed by atoms with Gasteiger partial charge in [0.25, 0.3) is 0 Å². The van der Waals surface area contributed by atoms with Crippen molar-refractivity contribution in [3.8, 4) is 17.6 Å². The number of benzene rings is 1. The van der Waals surface area contributed by atoms with Gasteiger partial charge in [0.05, 0.1) is 6.42 Å². The first-order chi connectivity index (χ1) is 9.20. The van der Waals surface area contributed by atoms with E-state index in [0.717, 1.165) is 0 Å². The molecule has 0 aliphatic heterocycles. The molecule has 0 aliphatic rings. The number of carboxylic acids is 1. The number of aromatic nitrogens is 1. The SMILES string of the molecule is N#Cc1ncccc1Oc1ccccc1CC(=O)O. The molecule has 0 spiro atoms. The Morgan fingerprint density at radius 3 is 2.74 bits per heavy atom. The Hall–Kier alpha value is -2.87. The number of hydrogen-bond donors (Lipinski definition) is 1. The number of carboxylic acid groups (broad SMARTS) is 1. The summed E-state index contributed by atoms with van der Waals surface area (Å²) in [5.74, 6) is -0.222. The zero-order valence-electron chi connectivity index (χ0n) is 9.91. The maximum Gasteiger partial charge on any atom is 0.307 e. The lowest BCUT2D eigenvalue weighted by Crippen LogP contribution is -2.02. The van der Waals surface area contributed by atoms with Crippen molar-refractivity contribution >= 4 is 5.97 Å². The molecule has 2 aromatic rings. The summed E-state index contributed by atoms with van der Waals surface area (Å²) in [6.07, 6.45) is 1.35. The van der Waals surface area contributed by atoms with Gasteiger partial charge in [0.15, 0.2) is 11.4 Å². The van der Waals surface area contributed by atoms with E-state index in [1.54, 1.807) is 36.4 Å². The molecule has 1 aromatic carbocycles. The topological polar surface area (TPSA) is 83.2 Å². The maximum atomic E-state index is 10.8. The summed E-state index contributed by atoms with van der Waals surface area (Å²) in [5, 5.41) is 17.8. The number of ether oxygens (including phenoxy) is 1. The van der Waals surface area contributed by atoms with E-state index in [9.17, 15) is 4.79 Å². The van der Waals surface area contributed by atoms with Crippen molar-refractivity contribution in [2.24, 2.45) is 0 Å². The lowest BCUT2D eigenvalue weighted by molar-refractivity contribution is -0.136. The van der Waals surface area contributed by atoms with E-state index in [1.165, 1.54) is 6.20 Å². The van der Waals surface area contributed by atoms with Crippen LogP contribution >= 0.6 is 0 Å². The van der Waals surface area contributed by atoms with Crippen molar-refractivity contribution < 1.29 is 14.6 Å². The monoisotopic (exact) mass is 254 g/mol. The Kier molecular flexibility index (Phi) is 3.74. The number of rotatable bonds is 4. The third kappa shape index (κ3) is 3.07. The first-order valence-corrected chi connectivity index (χ1v) is 5.53. The van der Waals surface area contributed by atoms with E-state index < -0.39 is 5.97 Å². The third-order valence-corrected chi connectivity index (χ3v) is 2.41. The second-order valence-electron chi connectivity index (χ2n) is 3.74. The van der Waals surface area contributed by atoms with Crippen LogP contribution in [0.2, 0.25) is 0 Å². The van der Waals surface area contributed by atoms with Crippen molar-refractivity contribution in [2.75, 3.05) is 0 Å². The predicted molar refractivity (Wildman–Crippen MR) is 66.8 cm³/mol. The molecule has 0 saturated heterocycles. The first-order valence-electron chi connectivity index (χ1n) is 5.53. The summed E-state index contributed by atoms with van der Waals surface area (Å²) in [7, 11) is 0. The fraction of sp³-hybridized carbons (Fsp3) is 0.0714. The van der Waals surface area contributed by atoms with Gasteiger partial charge in [-0.1, -0.05) is 18.2 Å². The summed E-state index contributed by atoms with van der Waals surface area (Å²) in [6, 6.07) is 12.0. The van der Waals surface area contributed by atoms with Gasteiger partial charge in [-0.25, -0.2) is 4.98 Å². The lowest BCUT2D eigenvalue weighted by Gasteiger charge is -2.10. The Bertz CT molecular complexity index is 647. The van der Waals surface area contributed by atoms with Gasteiger partial charge >= 0.3 is 5.97 Å². The molecule has 2 rings (SSSR count). The molecule has 0 amide bonds. The van der Waals surface area contributed by atoms with Crippen LogP contribution in [0.3, 0.4) is 0 Å². The minimum Gasteiger partial charge on any atom is -0.481 e. The van der Waals surface area contributed by atoms with Crippen LogP contribution in [-0.2, 0) is 11.2 Å². The predicted octanol–water partition coefficient (Wildman–Crippen LogP) is 2.37. The van der Waals surface area contributed by atoms with E-state index in [-0.39, 0.29) is 12.1 Å². The average molecular weight is 254 g/mol. The van der Waals surface area contributed by atoms with E-state index in [4.69, 9.17) is 15.1 Å². The van der Waals surface area contributed by atoms with Crippen LogP contribution < -0.4 is 4.74 Å². The van der Waals surface area contributed by atoms with Crippen LogP contribution in [0.4, 0.5) is 0 Å². The molecule has 0 fully saturated rings. The maximum absolute atomic E-state index is 10.8. The average Bonchev–Trinajstić information content (AvgIpc) is 2.41. The Balaban J connectivity index is 2.33. The van der Waals surface area contributed by atoms with Crippen LogP contribution in [0.1, 0.15) is 11.3 Å². The second-order valence-corrected chi connectivity index (χ2v) is 3.74. The third-order valence-electron chi connectivity index (χ3n) is 2.41. The van der Waals surface area contributed by atoms with Crippen LogP contribution in [0, 0.1) is 11.3 Å². The molecule has 0 atom stereocenters. The molecule has 1 heterocycles. The molecule has 94 valence electrons. The van der Waals surface area contributed by atoms with E-state index in [0.29, 0.717) is 17.1 Å². The largest absolute Gasteiger partial charge is 0.481 e. The van der Waals surface area contributed by atoms with Crippen molar-refractivity contribution in [3.63, 3.8) is 0 Å². The zero-order valence-corrected chi connectivity index (χ0v) is 9.91. The smallest absolute Gasteiger partial charge is 0.307 e. The van der Waals surface area contributed by atoms with E-state index >= 15 is 0 Å². The molecule has 0 radical (unpaired) electrons. The molecule has 0 unspecified atom stereocenters. The van der Waals surface area contributed by atoms with Crippen LogP contribution in [-0.4, -0.2) is 16.1 Å². The molecular weight excluding hydrogens is 244 g/mol. The molecule has 5 heteroatoms. The normalized spacial score (nSPS) is 9.63. The molecule has 1 N–H and O–H groups in total. The summed E-state index contributed by atoms with van der Waals surface area (Å²) in [6.45, 7) is 0. The van der Waals surface area contributed by atoms with Crippen molar-refractivity contribution in [1.29, 1.82) is 5.26 Å². The quantitative estimate of drug-likeness (QED) is 0.905. The first kappa shape index (κ1) is 12.6. The minimum atomic E-state index is -0.942. The van der Waals surface area contributed by atoms with Gasteiger partial charge in [0.2, 0.25) is 0 Å². The molecule has 0 bridgehead atoms. The number of nitrogens with zero attached hydrogens (tertiary/aromatic N) is 2. The van der Waals surface area contributed by atoms with Crippen molar-refractivity contribution in [1.82, 2.24) is 4.98 Å². The van der Waals surface area contributed by atoms with Gasteiger partial charge in [0.1, 0.15) is 11.8 Å². The molecular formula is C14H10N2O3. The zero-order chi connectivity index (χ0) is 13.7. The van der Waals surface area contributed by atoms with Crippen LogP contribution in [0.5, 0.6) is 11.5 Å². The van der Waals surface area contributed by atoms with Gasteiger partial charge in [-0.2, -0.15) is 5.26 Å². The van der Waals surface area contributed by atoms with Gasteiger partial charge in [-0.05, 0) is 18.2 Å². The standard InChI is InChI=1S/C14H10N2O3/c15-9-11-13(6-3-7-16-11)19-12-5-2-1-4-10(12)8-14(17)18/h1-7H,8H2,(H,17,18). The van der Waals surface area contributed by atoms with Crippen molar-refractivity contribution in [3.05, 3.63) is 53.9 Å². The minimum absolute atomic E-state index is 0.141. The molecule has 5 nitrogen and oxygen atoms in total. The van der Waals surface area contributed by atoms with Crippen LogP contribution in [0.25, 0.3) is 0 Å². The highest BCUT2D eigenvalue weighted by molar-refractivity contribution is 5.71. The highest BCUT2D eigenvalue weighted by Crippen LogP contribution is 2.27. The van der Waals surface area contributed by atoms with Crippen molar-refractivity contribution in [2.45, 2.75) is 6.42 Å². The summed E-state index contributed by atoms with van der Waals surface area (Å²) in [5.41, 5.74) is 0.704. The summed E-state index contributed by atoms with van der Waals surface area (Å²) < 4.78 is 5.58. The summed E-state index contributed by atoms with van der Waals surface area (Å²) in [4.78, 5) is 14.7. The fourth-order valence-corrected chi connectivity index (χ4v) is 1.59. The second kappa shape index (κ2) is 5.65. The number of carbonyl (C=O) groups is 1. The highest BCUT2D eigenvalue weighted by atomic mass is 16.5. The number of pyridine rings is 1. The lowest BCUT2D eigenvalue weighted by atomic mass is 10.1. The van der Waals surface area contributed by atoms with E-state index in [2.05, 4.69) is 4.98 Å². The van der Waals surface area contributed by atoms with Gasteiger partial charge in [-0.15, -0.1) is 0 Å². The Morgan fingerprint density at radius 1 is 1.26 bits per heavy atom. The number of para-hydroxylation sites is 1. The molecule has 19 heavy (non-hydrogen) atoms. The number of aliphatic carboxylic acids is 1. The number of hydrogen-bond acceptors (Lipinski definition) is 4. The van der Waals surface area contributed by atoms with Crippen LogP contribution in [0.15, 0.2) is 42.6 Å². The fourth-order valence-electron chi connectivity index (χ4n) is 1.59. The number of nitriles is 1. The van der Waals surface area contributed by atoms with Gasteiger partial charge < -0.3 is 9.84 Å². The Morgan fingerprint density at radius 2 is 2.00 bits per heavy atom. The summed E-state index contributed by atoms with van der Waals surface area (Å²) >= 11 is 0. The van der Waals surface area contributed by atoms with E-state index in [1.807, 2.05) is 6.07 Å². The molecule has 0 saturated carbocycles. The van der Waals surface area contributed by atoms with Gasteiger partial charge in [0, 0.05) is 11.8 Å². The van der Waals surface area contributed by atoms with Gasteiger partial charge in [-0.3, -0.25) is 4.79 Å². The Labute approximate surface area is 109 Å². The highest BCUT2D eigenvalue weighted by Gasteiger charge is 2.10.